The third-order valence-corrected chi connectivity index (χ3v) is 2.01. The van der Waals surface area contributed by atoms with Gasteiger partial charge in [0, 0.05) is 13.1 Å². The fourth-order valence-corrected chi connectivity index (χ4v) is 1.27. The predicted molar refractivity (Wildman–Crippen MR) is 46.0 cm³/mol. The van der Waals surface area contributed by atoms with Gasteiger partial charge in [-0.2, -0.15) is 0 Å². The van der Waals surface area contributed by atoms with Crippen LogP contribution in [-0.2, 0) is 14.3 Å². The molecule has 5 heteroatoms. The van der Waals surface area contributed by atoms with Gasteiger partial charge in [0.05, 0.1) is 7.11 Å². The molecule has 1 unspecified atom stereocenters. The second kappa shape index (κ2) is 4.81. The van der Waals surface area contributed by atoms with Gasteiger partial charge in [0.15, 0.2) is 0 Å². The van der Waals surface area contributed by atoms with Crippen LogP contribution in [0, 0.1) is 5.92 Å². The van der Waals surface area contributed by atoms with Crippen LogP contribution in [0.25, 0.3) is 0 Å². The topological polar surface area (TPSA) is 67.4 Å². The average molecular weight is 186 g/mol. The summed E-state index contributed by atoms with van der Waals surface area (Å²) in [4.78, 5) is 22.5. The van der Waals surface area contributed by atoms with Gasteiger partial charge in [-0.05, 0) is 13.0 Å². The van der Waals surface area contributed by atoms with E-state index >= 15 is 0 Å². The molecule has 0 aromatic heterocycles. The zero-order valence-electron chi connectivity index (χ0n) is 7.63. The second-order valence-electron chi connectivity index (χ2n) is 2.91. The summed E-state index contributed by atoms with van der Waals surface area (Å²) in [6.07, 6.45) is 0.499. The number of nitrogens with one attached hydrogen (secondary N) is 2. The number of carbonyl (C=O) groups is 2. The SMILES string of the molecule is COC(=O)C1CCNCCNC1=O. The Balaban J connectivity index is 2.56. The van der Waals surface area contributed by atoms with E-state index in [1.165, 1.54) is 7.11 Å². The van der Waals surface area contributed by atoms with Crippen molar-refractivity contribution >= 4 is 11.9 Å². The molecule has 1 fully saturated rings. The Labute approximate surface area is 76.8 Å². The van der Waals surface area contributed by atoms with Gasteiger partial charge < -0.3 is 15.4 Å². The summed E-state index contributed by atoms with van der Waals surface area (Å²) in [6, 6.07) is 0. The molecular weight excluding hydrogens is 172 g/mol. The molecule has 1 aliphatic rings. The number of hydrogen-bond acceptors (Lipinski definition) is 4. The van der Waals surface area contributed by atoms with Crippen molar-refractivity contribution in [2.45, 2.75) is 6.42 Å². The highest BCUT2D eigenvalue weighted by Crippen LogP contribution is 2.05. The quantitative estimate of drug-likeness (QED) is 0.402. The summed E-state index contributed by atoms with van der Waals surface area (Å²) >= 11 is 0. The lowest BCUT2D eigenvalue weighted by molar-refractivity contribution is -0.150. The van der Waals surface area contributed by atoms with Crippen molar-refractivity contribution in [2.75, 3.05) is 26.7 Å². The third-order valence-electron chi connectivity index (χ3n) is 2.01. The minimum Gasteiger partial charge on any atom is -0.468 e. The molecule has 1 aliphatic heterocycles. The molecule has 1 rings (SSSR count). The van der Waals surface area contributed by atoms with Gasteiger partial charge in [0.2, 0.25) is 5.91 Å². The standard InChI is InChI=1S/C8H14N2O3/c1-13-8(12)6-2-3-9-4-5-10-7(6)11/h6,9H,2-5H2,1H3,(H,10,11). The zero-order valence-corrected chi connectivity index (χ0v) is 7.63. The van der Waals surface area contributed by atoms with Crippen LogP contribution >= 0.6 is 0 Å². The van der Waals surface area contributed by atoms with Crippen LogP contribution < -0.4 is 10.6 Å². The Hall–Kier alpha value is -1.10. The lowest BCUT2D eigenvalue weighted by Gasteiger charge is -2.18. The van der Waals surface area contributed by atoms with Crippen LogP contribution in [0.1, 0.15) is 6.42 Å². The molecule has 5 nitrogen and oxygen atoms in total. The first-order valence-corrected chi connectivity index (χ1v) is 4.32. The number of carbonyl (C=O) groups excluding carboxylic acids is 2. The lowest BCUT2D eigenvalue weighted by Crippen LogP contribution is -2.43. The van der Waals surface area contributed by atoms with E-state index < -0.39 is 11.9 Å². The van der Waals surface area contributed by atoms with E-state index in [0.717, 1.165) is 6.54 Å². The van der Waals surface area contributed by atoms with E-state index in [1.807, 2.05) is 0 Å². The lowest BCUT2D eigenvalue weighted by atomic mass is 10.0. The molecule has 13 heavy (non-hydrogen) atoms. The highest BCUT2D eigenvalue weighted by Gasteiger charge is 2.27. The Morgan fingerprint density at radius 3 is 2.92 bits per heavy atom. The number of methoxy groups -OCH3 is 1. The molecule has 1 heterocycles. The van der Waals surface area contributed by atoms with Crippen molar-refractivity contribution in [3.05, 3.63) is 0 Å². The van der Waals surface area contributed by atoms with Crippen LogP contribution in [0.5, 0.6) is 0 Å². The van der Waals surface area contributed by atoms with Crippen molar-refractivity contribution in [1.82, 2.24) is 10.6 Å². The molecule has 0 aliphatic carbocycles. The Kier molecular flexibility index (Phi) is 3.70. The molecule has 0 radical (unpaired) electrons. The van der Waals surface area contributed by atoms with Crippen LogP contribution in [0.3, 0.4) is 0 Å². The Bertz CT molecular complexity index is 206. The van der Waals surface area contributed by atoms with Crippen molar-refractivity contribution in [1.29, 1.82) is 0 Å². The molecule has 1 saturated heterocycles. The number of ether oxygens (including phenoxy) is 1. The smallest absolute Gasteiger partial charge is 0.318 e. The zero-order chi connectivity index (χ0) is 9.68. The van der Waals surface area contributed by atoms with Gasteiger partial charge in [-0.1, -0.05) is 0 Å². The minimum absolute atomic E-state index is 0.228. The highest BCUT2D eigenvalue weighted by molar-refractivity contribution is 5.97. The van der Waals surface area contributed by atoms with Crippen LogP contribution in [0.2, 0.25) is 0 Å². The van der Waals surface area contributed by atoms with Crippen molar-refractivity contribution in [3.8, 4) is 0 Å². The minimum atomic E-state index is -0.655. The summed E-state index contributed by atoms with van der Waals surface area (Å²) in [7, 11) is 1.29. The van der Waals surface area contributed by atoms with E-state index in [0.29, 0.717) is 19.5 Å². The maximum Gasteiger partial charge on any atom is 0.318 e. The van der Waals surface area contributed by atoms with Crippen LogP contribution in [0.15, 0.2) is 0 Å². The molecule has 0 aromatic carbocycles. The molecule has 0 saturated carbocycles. The largest absolute Gasteiger partial charge is 0.468 e. The molecular formula is C8H14N2O3. The van der Waals surface area contributed by atoms with Crippen molar-refractivity contribution in [3.63, 3.8) is 0 Å². The van der Waals surface area contributed by atoms with Crippen LogP contribution in [-0.4, -0.2) is 38.6 Å². The molecule has 2 N–H and O–H groups in total. The molecule has 0 spiro atoms. The monoisotopic (exact) mass is 186 g/mol. The number of amides is 1. The van der Waals surface area contributed by atoms with Gasteiger partial charge >= 0.3 is 5.97 Å². The highest BCUT2D eigenvalue weighted by atomic mass is 16.5. The first-order valence-electron chi connectivity index (χ1n) is 4.32. The van der Waals surface area contributed by atoms with E-state index in [2.05, 4.69) is 15.4 Å². The maximum atomic E-state index is 11.3. The van der Waals surface area contributed by atoms with Gasteiger partial charge in [-0.3, -0.25) is 9.59 Å². The van der Waals surface area contributed by atoms with E-state index in [9.17, 15) is 9.59 Å². The number of esters is 1. The fraction of sp³-hybridized carbons (Fsp3) is 0.750. The summed E-state index contributed by atoms with van der Waals surface area (Å²) in [6.45, 7) is 1.99. The second-order valence-corrected chi connectivity index (χ2v) is 2.91. The van der Waals surface area contributed by atoms with Gasteiger partial charge in [-0.25, -0.2) is 0 Å². The Morgan fingerprint density at radius 1 is 1.46 bits per heavy atom. The molecule has 1 amide bonds. The first kappa shape index (κ1) is 9.98. The van der Waals surface area contributed by atoms with Gasteiger partial charge in [0.25, 0.3) is 0 Å². The maximum absolute atomic E-state index is 11.3. The fourth-order valence-electron chi connectivity index (χ4n) is 1.27. The van der Waals surface area contributed by atoms with Gasteiger partial charge in [-0.15, -0.1) is 0 Å². The summed E-state index contributed by atoms with van der Waals surface area (Å²) in [5, 5.41) is 5.74. The number of hydrogen-bond donors (Lipinski definition) is 2. The van der Waals surface area contributed by atoms with E-state index in [-0.39, 0.29) is 5.91 Å². The Morgan fingerprint density at radius 2 is 2.23 bits per heavy atom. The third kappa shape index (κ3) is 2.69. The number of rotatable bonds is 1. The summed E-state index contributed by atoms with van der Waals surface area (Å²) < 4.78 is 4.53. The average Bonchev–Trinajstić information content (AvgIpc) is 2.11. The first-order chi connectivity index (χ1) is 6.25. The van der Waals surface area contributed by atoms with Crippen LogP contribution in [0.4, 0.5) is 0 Å². The summed E-state index contributed by atoms with van der Waals surface area (Å²) in [5.41, 5.74) is 0. The normalized spacial score (nSPS) is 24.1. The van der Waals surface area contributed by atoms with E-state index in [4.69, 9.17) is 0 Å². The predicted octanol–water partition coefficient (Wildman–Crippen LogP) is -1.11. The van der Waals surface area contributed by atoms with Crippen molar-refractivity contribution < 1.29 is 14.3 Å². The molecule has 74 valence electrons. The van der Waals surface area contributed by atoms with Gasteiger partial charge in [0.1, 0.15) is 5.92 Å². The molecule has 0 bridgehead atoms. The molecule has 0 aromatic rings. The summed E-state index contributed by atoms with van der Waals surface area (Å²) in [5.74, 6) is -1.34. The van der Waals surface area contributed by atoms with Crippen molar-refractivity contribution in [2.24, 2.45) is 5.92 Å². The van der Waals surface area contributed by atoms with E-state index in [1.54, 1.807) is 0 Å². The molecule has 1 atom stereocenters.